The van der Waals surface area contributed by atoms with Crippen LogP contribution in [0.1, 0.15) is 30.0 Å². The zero-order chi connectivity index (χ0) is 18.3. The fourth-order valence-electron chi connectivity index (χ4n) is 3.25. The van der Waals surface area contributed by atoms with Crippen molar-refractivity contribution in [3.05, 3.63) is 41.5 Å². The van der Waals surface area contributed by atoms with Crippen LogP contribution in [-0.2, 0) is 19.9 Å². The Morgan fingerprint density at radius 3 is 2.29 bits per heavy atom. The number of nitrogens with zero attached hydrogens (tertiary/aromatic N) is 1. The second-order valence-electron chi connectivity index (χ2n) is 6.87. The number of aryl methyl sites for hydroxylation is 3. The summed E-state index contributed by atoms with van der Waals surface area (Å²) in [5.74, 6) is -0.143. The van der Waals surface area contributed by atoms with Gasteiger partial charge >= 0.3 is 0 Å². The van der Waals surface area contributed by atoms with E-state index in [0.717, 1.165) is 11.1 Å². The van der Waals surface area contributed by atoms with E-state index >= 15 is 0 Å². The van der Waals surface area contributed by atoms with Gasteiger partial charge in [0.1, 0.15) is 0 Å². The van der Waals surface area contributed by atoms with Crippen LogP contribution in [0.15, 0.2) is 29.7 Å². The van der Waals surface area contributed by atoms with E-state index < -0.39 is 25.4 Å². The number of sulfone groups is 1. The Kier molecular flexibility index (Phi) is 5.01. The summed E-state index contributed by atoms with van der Waals surface area (Å²) >= 11 is 0. The largest absolute Gasteiger partial charge is 0.244 e. The smallest absolute Gasteiger partial charge is 0.229 e. The Morgan fingerprint density at radius 2 is 1.79 bits per heavy atom. The predicted octanol–water partition coefficient (Wildman–Crippen LogP) is 2.37. The first-order valence-corrected chi connectivity index (χ1v) is 11.1. The van der Waals surface area contributed by atoms with Gasteiger partial charge in [-0.2, -0.15) is 4.31 Å². The normalized spacial score (nSPS) is 23.5. The summed E-state index contributed by atoms with van der Waals surface area (Å²) < 4.78 is 51.8. The lowest BCUT2D eigenvalue weighted by Crippen LogP contribution is -2.50. The van der Waals surface area contributed by atoms with Gasteiger partial charge in [0, 0.05) is 12.1 Å². The summed E-state index contributed by atoms with van der Waals surface area (Å²) in [6.45, 7) is 11.0. The first kappa shape index (κ1) is 19.1. The molecule has 0 amide bonds. The molecule has 1 aromatic rings. The van der Waals surface area contributed by atoms with E-state index in [1.54, 1.807) is 19.9 Å². The summed E-state index contributed by atoms with van der Waals surface area (Å²) in [6, 6.07) is 3.52. The molecule has 1 aliphatic rings. The SMILES string of the molecule is C=CCN([C@]1(C)CCS(=O)(=O)C1)S(=O)(=O)c1cc(C)c(C)cc1C. The number of rotatable bonds is 5. The minimum Gasteiger partial charge on any atom is -0.229 e. The molecule has 0 radical (unpaired) electrons. The zero-order valence-corrected chi connectivity index (χ0v) is 16.3. The molecule has 1 saturated heterocycles. The Bertz CT molecular complexity index is 872. The monoisotopic (exact) mass is 371 g/mol. The maximum atomic E-state index is 13.3. The molecule has 1 aromatic carbocycles. The van der Waals surface area contributed by atoms with E-state index in [2.05, 4.69) is 6.58 Å². The highest BCUT2D eigenvalue weighted by molar-refractivity contribution is 7.92. The second kappa shape index (κ2) is 6.28. The van der Waals surface area contributed by atoms with Crippen molar-refractivity contribution in [1.29, 1.82) is 0 Å². The van der Waals surface area contributed by atoms with E-state index in [4.69, 9.17) is 0 Å². The standard InChI is InChI=1S/C17H25NO4S2/c1-6-8-18(17(5)7-9-23(19,20)12-17)24(21,22)16-11-14(3)13(2)10-15(16)4/h6,10-11H,1,7-9,12H2,2-5H3/t17-/m1/s1. The van der Waals surface area contributed by atoms with E-state index in [1.165, 1.54) is 10.4 Å². The summed E-state index contributed by atoms with van der Waals surface area (Å²) in [5, 5.41) is 0. The minimum absolute atomic E-state index is 0.0125. The van der Waals surface area contributed by atoms with Crippen molar-refractivity contribution >= 4 is 19.9 Å². The molecule has 0 saturated carbocycles. The van der Waals surface area contributed by atoms with Gasteiger partial charge in [-0.15, -0.1) is 6.58 Å². The van der Waals surface area contributed by atoms with Crippen LogP contribution < -0.4 is 0 Å². The van der Waals surface area contributed by atoms with Gasteiger partial charge in [0.15, 0.2) is 9.84 Å². The highest BCUT2D eigenvalue weighted by Crippen LogP contribution is 2.35. The molecule has 1 fully saturated rings. The third kappa shape index (κ3) is 3.43. The molecule has 0 aromatic heterocycles. The number of benzene rings is 1. The van der Waals surface area contributed by atoms with Crippen LogP contribution in [0.5, 0.6) is 0 Å². The van der Waals surface area contributed by atoms with Crippen molar-refractivity contribution in [3.63, 3.8) is 0 Å². The fraction of sp³-hybridized carbons (Fsp3) is 0.529. The summed E-state index contributed by atoms with van der Waals surface area (Å²) in [6.07, 6.45) is 1.80. The molecular formula is C17H25NO4S2. The number of sulfonamides is 1. The number of hydrogen-bond acceptors (Lipinski definition) is 4. The molecule has 0 aliphatic carbocycles. The Labute approximate surface area is 145 Å². The van der Waals surface area contributed by atoms with E-state index in [-0.39, 0.29) is 22.9 Å². The average Bonchev–Trinajstić information content (AvgIpc) is 2.74. The van der Waals surface area contributed by atoms with Gasteiger partial charge in [-0.25, -0.2) is 16.8 Å². The molecule has 134 valence electrons. The maximum absolute atomic E-state index is 13.3. The lowest BCUT2D eigenvalue weighted by molar-refractivity contribution is 0.252. The third-order valence-electron chi connectivity index (χ3n) is 4.74. The maximum Gasteiger partial charge on any atom is 0.244 e. The van der Waals surface area contributed by atoms with E-state index in [9.17, 15) is 16.8 Å². The molecule has 1 atom stereocenters. The molecule has 5 nitrogen and oxygen atoms in total. The van der Waals surface area contributed by atoms with Gasteiger partial charge in [-0.05, 0) is 56.9 Å². The molecule has 0 unspecified atom stereocenters. The molecule has 0 spiro atoms. The van der Waals surface area contributed by atoms with Crippen LogP contribution in [0.2, 0.25) is 0 Å². The molecule has 1 aliphatic heterocycles. The van der Waals surface area contributed by atoms with Gasteiger partial charge in [0.2, 0.25) is 10.0 Å². The predicted molar refractivity (Wildman–Crippen MR) is 96.4 cm³/mol. The van der Waals surface area contributed by atoms with Crippen molar-refractivity contribution < 1.29 is 16.8 Å². The highest BCUT2D eigenvalue weighted by Gasteiger charge is 2.47. The van der Waals surface area contributed by atoms with E-state index in [0.29, 0.717) is 12.0 Å². The first-order chi connectivity index (χ1) is 10.9. The van der Waals surface area contributed by atoms with Gasteiger partial charge in [-0.1, -0.05) is 12.1 Å². The van der Waals surface area contributed by atoms with Crippen LogP contribution in [0.3, 0.4) is 0 Å². The van der Waals surface area contributed by atoms with Gasteiger partial charge in [0.05, 0.1) is 16.4 Å². The third-order valence-corrected chi connectivity index (χ3v) is 8.79. The average molecular weight is 372 g/mol. The second-order valence-corrected chi connectivity index (χ2v) is 10.9. The van der Waals surface area contributed by atoms with Crippen LogP contribution in [0.25, 0.3) is 0 Å². The van der Waals surface area contributed by atoms with Crippen molar-refractivity contribution in [2.45, 2.75) is 44.6 Å². The van der Waals surface area contributed by atoms with Crippen molar-refractivity contribution in [1.82, 2.24) is 4.31 Å². The molecule has 24 heavy (non-hydrogen) atoms. The highest BCUT2D eigenvalue weighted by atomic mass is 32.2. The van der Waals surface area contributed by atoms with Crippen LogP contribution in [0.4, 0.5) is 0 Å². The summed E-state index contributed by atoms with van der Waals surface area (Å²) in [4.78, 5) is 0.234. The fourth-order valence-corrected chi connectivity index (χ4v) is 7.54. The van der Waals surface area contributed by atoms with Gasteiger partial charge < -0.3 is 0 Å². The number of hydrogen-bond donors (Lipinski definition) is 0. The van der Waals surface area contributed by atoms with E-state index in [1.807, 2.05) is 19.9 Å². The Balaban J connectivity index is 2.59. The topological polar surface area (TPSA) is 71.5 Å². The van der Waals surface area contributed by atoms with Crippen molar-refractivity contribution in [3.8, 4) is 0 Å². The van der Waals surface area contributed by atoms with Crippen molar-refractivity contribution in [2.75, 3.05) is 18.1 Å². The molecule has 1 heterocycles. The first-order valence-electron chi connectivity index (χ1n) is 7.85. The molecule has 2 rings (SSSR count). The van der Waals surface area contributed by atoms with Crippen LogP contribution >= 0.6 is 0 Å². The van der Waals surface area contributed by atoms with Gasteiger partial charge in [-0.3, -0.25) is 0 Å². The zero-order valence-electron chi connectivity index (χ0n) is 14.7. The Hall–Kier alpha value is -1.18. The van der Waals surface area contributed by atoms with Crippen LogP contribution in [0, 0.1) is 20.8 Å². The van der Waals surface area contributed by atoms with Crippen molar-refractivity contribution in [2.24, 2.45) is 0 Å². The summed E-state index contributed by atoms with van der Waals surface area (Å²) in [5.41, 5.74) is 1.63. The Morgan fingerprint density at radius 1 is 1.21 bits per heavy atom. The lowest BCUT2D eigenvalue weighted by Gasteiger charge is -2.36. The molecule has 7 heteroatoms. The quantitative estimate of drug-likeness (QED) is 0.745. The molecule has 0 bridgehead atoms. The lowest BCUT2D eigenvalue weighted by atomic mass is 10.0. The molecule has 0 N–H and O–H groups in total. The van der Waals surface area contributed by atoms with Crippen LogP contribution in [-0.4, -0.2) is 44.7 Å². The summed E-state index contributed by atoms with van der Waals surface area (Å²) in [7, 11) is -7.05. The molecular weight excluding hydrogens is 346 g/mol. The van der Waals surface area contributed by atoms with Gasteiger partial charge in [0.25, 0.3) is 0 Å². The minimum atomic E-state index is -3.83.